The third kappa shape index (κ3) is 5.03. The van der Waals surface area contributed by atoms with Gasteiger partial charge in [-0.2, -0.15) is 0 Å². The van der Waals surface area contributed by atoms with Crippen molar-refractivity contribution in [2.24, 2.45) is 14.1 Å². The number of amides is 2. The highest BCUT2D eigenvalue weighted by Gasteiger charge is 2.19. The molecule has 2 amide bonds. The Morgan fingerprint density at radius 3 is 2.45 bits per heavy atom. The van der Waals surface area contributed by atoms with E-state index in [2.05, 4.69) is 15.6 Å². The van der Waals surface area contributed by atoms with Crippen molar-refractivity contribution in [3.8, 4) is 0 Å². The lowest BCUT2D eigenvalue weighted by molar-refractivity contribution is -0.116. The van der Waals surface area contributed by atoms with Crippen molar-refractivity contribution in [3.63, 3.8) is 0 Å². The second-order valence-electron chi connectivity index (χ2n) is 7.69. The number of benzene rings is 1. The molecule has 176 valence electrons. The zero-order valence-corrected chi connectivity index (χ0v) is 20.2. The first kappa shape index (κ1) is 24.3. The quantitative estimate of drug-likeness (QED) is 0.485. The van der Waals surface area contributed by atoms with E-state index < -0.39 is 11.2 Å². The second-order valence-corrected chi connectivity index (χ2v) is 8.63. The van der Waals surface area contributed by atoms with Gasteiger partial charge in [0.05, 0.1) is 5.75 Å². The molecule has 0 saturated carbocycles. The Bertz CT molecular complexity index is 1340. The van der Waals surface area contributed by atoms with Gasteiger partial charge < -0.3 is 15.2 Å². The van der Waals surface area contributed by atoms with Gasteiger partial charge in [0.25, 0.3) is 5.56 Å². The number of carbonyl (C=O) groups is 2. The molecule has 2 N–H and O–H groups in total. The molecule has 3 aromatic rings. The highest BCUT2D eigenvalue weighted by molar-refractivity contribution is 7.99. The molecule has 11 heteroatoms. The average molecular weight is 473 g/mol. The summed E-state index contributed by atoms with van der Waals surface area (Å²) in [6.45, 7) is 6.16. The van der Waals surface area contributed by atoms with Crippen molar-refractivity contribution in [2.45, 2.75) is 45.3 Å². The molecule has 2 heterocycles. The molecule has 0 saturated heterocycles. The third-order valence-electron chi connectivity index (χ3n) is 5.21. The summed E-state index contributed by atoms with van der Waals surface area (Å²) in [5.74, 6) is -0.299. The van der Waals surface area contributed by atoms with E-state index in [-0.39, 0.29) is 17.6 Å². The average Bonchev–Trinajstić information content (AvgIpc) is 3.15. The molecule has 10 nitrogen and oxygen atoms in total. The van der Waals surface area contributed by atoms with Crippen LogP contribution in [0, 0.1) is 6.92 Å². The Morgan fingerprint density at radius 1 is 1.06 bits per heavy atom. The molecule has 0 spiro atoms. The maximum atomic E-state index is 12.7. The van der Waals surface area contributed by atoms with Crippen LogP contribution in [-0.4, -0.2) is 36.3 Å². The molecule has 0 aliphatic rings. The smallest absolute Gasteiger partial charge is 0.326 e. The zero-order chi connectivity index (χ0) is 24.3. The fourth-order valence-corrected chi connectivity index (χ4v) is 4.19. The lowest BCUT2D eigenvalue weighted by Gasteiger charge is -2.11. The van der Waals surface area contributed by atoms with E-state index in [4.69, 9.17) is 0 Å². The SMILES string of the molecule is CCCn1c(SCC(=O)Nc2ccc(C)c(NC(=O)CC)c2)nc2c1c(=O)n(C)c(=O)n2C. The fraction of sp³-hybridized carbons (Fsp3) is 0.409. The van der Waals surface area contributed by atoms with Gasteiger partial charge in [0.15, 0.2) is 16.3 Å². The Hall–Kier alpha value is -3.34. The summed E-state index contributed by atoms with van der Waals surface area (Å²) in [6, 6.07) is 5.31. The zero-order valence-electron chi connectivity index (χ0n) is 19.4. The van der Waals surface area contributed by atoms with Gasteiger partial charge in [-0.1, -0.05) is 31.7 Å². The largest absolute Gasteiger partial charge is 0.332 e. The summed E-state index contributed by atoms with van der Waals surface area (Å²) in [7, 11) is 3.01. The molecule has 0 fully saturated rings. The maximum Gasteiger partial charge on any atom is 0.332 e. The predicted molar refractivity (Wildman–Crippen MR) is 130 cm³/mol. The van der Waals surface area contributed by atoms with E-state index in [9.17, 15) is 19.2 Å². The molecular formula is C22H28N6O4S. The van der Waals surface area contributed by atoms with Crippen molar-refractivity contribution >= 4 is 46.1 Å². The van der Waals surface area contributed by atoms with Gasteiger partial charge >= 0.3 is 5.69 Å². The standard InChI is InChI=1S/C22H28N6O4S/c1-6-10-28-18-19(26(4)22(32)27(5)20(18)31)25-21(28)33-12-17(30)23-14-9-8-13(3)15(11-14)24-16(29)7-2/h8-9,11H,6-7,10,12H2,1-5H3,(H,23,30)(H,24,29). The number of aryl methyl sites for hydroxylation is 3. The summed E-state index contributed by atoms with van der Waals surface area (Å²) in [5.41, 5.74) is 1.89. The number of anilines is 2. The number of fused-ring (bicyclic) bond motifs is 1. The maximum absolute atomic E-state index is 12.7. The summed E-state index contributed by atoms with van der Waals surface area (Å²) in [6.07, 6.45) is 1.12. The molecule has 1 aromatic carbocycles. The number of thioether (sulfide) groups is 1. The summed E-state index contributed by atoms with van der Waals surface area (Å²) >= 11 is 1.20. The van der Waals surface area contributed by atoms with Crippen LogP contribution in [0.4, 0.5) is 11.4 Å². The monoisotopic (exact) mass is 472 g/mol. The fourth-order valence-electron chi connectivity index (χ4n) is 3.37. The van der Waals surface area contributed by atoms with Crippen LogP contribution in [0.25, 0.3) is 11.2 Å². The van der Waals surface area contributed by atoms with Gasteiger partial charge in [-0.05, 0) is 31.0 Å². The lowest BCUT2D eigenvalue weighted by atomic mass is 10.1. The first-order valence-corrected chi connectivity index (χ1v) is 11.7. The minimum Gasteiger partial charge on any atom is -0.326 e. The van der Waals surface area contributed by atoms with Gasteiger partial charge in [0.2, 0.25) is 11.8 Å². The molecule has 0 radical (unpaired) electrons. The van der Waals surface area contributed by atoms with Crippen LogP contribution in [0.3, 0.4) is 0 Å². The number of aromatic nitrogens is 4. The molecule has 3 rings (SSSR count). The number of hydrogen-bond acceptors (Lipinski definition) is 6. The molecule has 2 aromatic heterocycles. The van der Waals surface area contributed by atoms with Gasteiger partial charge in [-0.15, -0.1) is 0 Å². The molecule has 0 atom stereocenters. The van der Waals surface area contributed by atoms with E-state index in [1.165, 1.54) is 23.4 Å². The van der Waals surface area contributed by atoms with Gasteiger partial charge in [-0.25, -0.2) is 9.78 Å². The lowest BCUT2D eigenvalue weighted by Crippen LogP contribution is -2.37. The number of hydrogen-bond donors (Lipinski definition) is 2. The number of nitrogens with zero attached hydrogens (tertiary/aromatic N) is 4. The van der Waals surface area contributed by atoms with Crippen molar-refractivity contribution in [1.82, 2.24) is 18.7 Å². The van der Waals surface area contributed by atoms with Crippen molar-refractivity contribution < 1.29 is 9.59 Å². The molecule has 0 aliphatic heterocycles. The minimum absolute atomic E-state index is 0.0613. The van der Waals surface area contributed by atoms with Crippen LogP contribution in [0.2, 0.25) is 0 Å². The van der Waals surface area contributed by atoms with Gasteiger partial charge in [-0.3, -0.25) is 23.5 Å². The van der Waals surface area contributed by atoms with Crippen molar-refractivity contribution in [1.29, 1.82) is 0 Å². The van der Waals surface area contributed by atoms with E-state index >= 15 is 0 Å². The first-order valence-electron chi connectivity index (χ1n) is 10.7. The number of nitrogens with one attached hydrogen (secondary N) is 2. The van der Waals surface area contributed by atoms with Gasteiger partial charge in [0, 0.05) is 38.4 Å². The number of imidazole rings is 1. The van der Waals surface area contributed by atoms with Crippen LogP contribution >= 0.6 is 11.8 Å². The van der Waals surface area contributed by atoms with Crippen LogP contribution in [-0.2, 0) is 30.2 Å². The van der Waals surface area contributed by atoms with E-state index in [1.54, 1.807) is 30.7 Å². The molecular weight excluding hydrogens is 444 g/mol. The van der Waals surface area contributed by atoms with Crippen LogP contribution in [0.5, 0.6) is 0 Å². The minimum atomic E-state index is -0.451. The molecule has 0 aliphatic carbocycles. The molecule has 0 bridgehead atoms. The number of rotatable bonds is 8. The second kappa shape index (κ2) is 10.1. The Morgan fingerprint density at radius 2 is 1.79 bits per heavy atom. The normalized spacial score (nSPS) is 11.1. The number of carbonyl (C=O) groups excluding carboxylic acids is 2. The van der Waals surface area contributed by atoms with Crippen molar-refractivity contribution in [2.75, 3.05) is 16.4 Å². The van der Waals surface area contributed by atoms with Crippen LogP contribution in [0.1, 0.15) is 32.3 Å². The Kier molecular flexibility index (Phi) is 7.42. The first-order chi connectivity index (χ1) is 15.7. The van der Waals surface area contributed by atoms with E-state index in [0.717, 1.165) is 16.6 Å². The summed E-state index contributed by atoms with van der Waals surface area (Å²) < 4.78 is 4.16. The predicted octanol–water partition coefficient (Wildman–Crippen LogP) is 2.23. The van der Waals surface area contributed by atoms with Crippen LogP contribution in [0.15, 0.2) is 32.9 Å². The summed E-state index contributed by atoms with van der Waals surface area (Å²) in [5, 5.41) is 6.15. The Labute approximate surface area is 195 Å². The van der Waals surface area contributed by atoms with E-state index in [0.29, 0.717) is 40.7 Å². The third-order valence-corrected chi connectivity index (χ3v) is 6.19. The highest BCUT2D eigenvalue weighted by Crippen LogP contribution is 2.24. The molecule has 33 heavy (non-hydrogen) atoms. The summed E-state index contributed by atoms with van der Waals surface area (Å²) in [4.78, 5) is 53.8. The highest BCUT2D eigenvalue weighted by atomic mass is 32.2. The molecule has 0 unspecified atom stereocenters. The van der Waals surface area contributed by atoms with Gasteiger partial charge in [0.1, 0.15) is 0 Å². The Balaban J connectivity index is 1.82. The van der Waals surface area contributed by atoms with Crippen molar-refractivity contribution in [3.05, 3.63) is 44.6 Å². The van der Waals surface area contributed by atoms with E-state index in [1.807, 2.05) is 19.9 Å². The van der Waals surface area contributed by atoms with Crippen LogP contribution < -0.4 is 21.9 Å². The topological polar surface area (TPSA) is 120 Å².